The number of hydrogen-bond acceptors (Lipinski definition) is 7. The lowest BCUT2D eigenvalue weighted by Crippen LogP contribution is -2.48. The Labute approximate surface area is 149 Å². The molecular weight excluding hydrogens is 364 g/mol. The maximum Gasteiger partial charge on any atom is 0.257 e. The van der Waals surface area contributed by atoms with Crippen LogP contribution in [0.2, 0.25) is 0 Å². The van der Waals surface area contributed by atoms with Crippen molar-refractivity contribution in [3.8, 4) is 0 Å². The Kier molecular flexibility index (Phi) is 5.13. The smallest absolute Gasteiger partial charge is 0.257 e. The molecule has 134 valence electrons. The lowest BCUT2D eigenvalue weighted by atomic mass is 10.2. The number of rotatable bonds is 4. The first kappa shape index (κ1) is 17.9. The molecule has 1 aliphatic heterocycles. The Bertz CT molecular complexity index is 844. The van der Waals surface area contributed by atoms with E-state index >= 15 is 0 Å². The number of morpholine rings is 1. The summed E-state index contributed by atoms with van der Waals surface area (Å²) in [7, 11) is -3.70. The highest BCUT2D eigenvalue weighted by Crippen LogP contribution is 2.22. The number of sulfonamides is 1. The van der Waals surface area contributed by atoms with Crippen LogP contribution in [0, 0.1) is 0 Å². The number of anilines is 1. The molecule has 2 heterocycles. The second-order valence-corrected chi connectivity index (χ2v) is 8.58. The number of carbonyl (C=O) groups is 1. The maximum atomic E-state index is 12.9. The quantitative estimate of drug-likeness (QED) is 0.862. The Morgan fingerprint density at radius 1 is 1.32 bits per heavy atom. The minimum Gasteiger partial charge on any atom is -0.373 e. The molecule has 0 saturated carbocycles. The fraction of sp³-hybridized carbons (Fsp3) is 0.400. The van der Waals surface area contributed by atoms with E-state index in [0.29, 0.717) is 5.13 Å². The van der Waals surface area contributed by atoms with E-state index < -0.39 is 15.9 Å². The molecule has 2 aromatic rings. The molecule has 1 amide bonds. The number of nitrogens with zero attached hydrogens (tertiary/aromatic N) is 3. The van der Waals surface area contributed by atoms with Crippen LogP contribution in [0.5, 0.6) is 0 Å². The van der Waals surface area contributed by atoms with Gasteiger partial charge in [-0.3, -0.25) is 10.1 Å². The van der Waals surface area contributed by atoms with Gasteiger partial charge in [0.25, 0.3) is 5.91 Å². The van der Waals surface area contributed by atoms with E-state index in [0.717, 1.165) is 0 Å². The highest BCUT2D eigenvalue weighted by molar-refractivity contribution is 7.89. The van der Waals surface area contributed by atoms with Crippen molar-refractivity contribution in [3.05, 3.63) is 35.3 Å². The molecule has 3 rings (SSSR count). The molecule has 2 atom stereocenters. The van der Waals surface area contributed by atoms with E-state index in [9.17, 15) is 13.2 Å². The average molecular weight is 382 g/mol. The standard InChI is InChI=1S/C15H18N4O4S2/c1-10-7-19(8-11(2)23-10)25(21,22)13-5-3-4-12(6-13)14(20)17-15-18-16-9-24-15/h3-6,9-11H,7-8H2,1-2H3,(H,17,18,20). The van der Waals surface area contributed by atoms with Crippen molar-refractivity contribution in [3.63, 3.8) is 0 Å². The number of nitrogens with one attached hydrogen (secondary N) is 1. The number of aromatic nitrogens is 2. The number of ether oxygens (including phenoxy) is 1. The summed E-state index contributed by atoms with van der Waals surface area (Å²) in [4.78, 5) is 12.4. The molecule has 2 unspecified atom stereocenters. The van der Waals surface area contributed by atoms with Gasteiger partial charge in [-0.05, 0) is 32.0 Å². The van der Waals surface area contributed by atoms with Crippen molar-refractivity contribution in [2.24, 2.45) is 0 Å². The van der Waals surface area contributed by atoms with Crippen LogP contribution in [0.25, 0.3) is 0 Å². The van der Waals surface area contributed by atoms with E-state index in [1.807, 2.05) is 13.8 Å². The minimum atomic E-state index is -3.70. The van der Waals surface area contributed by atoms with Gasteiger partial charge in [-0.2, -0.15) is 4.31 Å². The second kappa shape index (κ2) is 7.16. The molecule has 0 bridgehead atoms. The van der Waals surface area contributed by atoms with Gasteiger partial charge in [0, 0.05) is 18.7 Å². The largest absolute Gasteiger partial charge is 0.373 e. The van der Waals surface area contributed by atoms with Gasteiger partial charge < -0.3 is 4.74 Å². The molecular formula is C15H18N4O4S2. The van der Waals surface area contributed by atoms with Gasteiger partial charge in [0.05, 0.1) is 17.1 Å². The third kappa shape index (κ3) is 4.03. The van der Waals surface area contributed by atoms with Gasteiger partial charge in [0.2, 0.25) is 15.2 Å². The topological polar surface area (TPSA) is 101 Å². The van der Waals surface area contributed by atoms with Crippen molar-refractivity contribution < 1.29 is 17.9 Å². The van der Waals surface area contributed by atoms with Gasteiger partial charge in [-0.1, -0.05) is 17.4 Å². The van der Waals surface area contributed by atoms with Crippen LogP contribution < -0.4 is 5.32 Å². The molecule has 0 radical (unpaired) electrons. The zero-order chi connectivity index (χ0) is 18.0. The fourth-order valence-electron chi connectivity index (χ4n) is 2.67. The zero-order valence-electron chi connectivity index (χ0n) is 13.7. The van der Waals surface area contributed by atoms with Crippen molar-refractivity contribution in [1.82, 2.24) is 14.5 Å². The zero-order valence-corrected chi connectivity index (χ0v) is 15.4. The number of hydrogen-bond donors (Lipinski definition) is 1. The fourth-order valence-corrected chi connectivity index (χ4v) is 4.75. The third-order valence-corrected chi connectivity index (χ3v) is 6.13. The van der Waals surface area contributed by atoms with Crippen LogP contribution in [0.3, 0.4) is 0 Å². The Morgan fingerprint density at radius 2 is 2.04 bits per heavy atom. The van der Waals surface area contributed by atoms with Crippen LogP contribution in [-0.2, 0) is 14.8 Å². The van der Waals surface area contributed by atoms with Crippen LogP contribution in [0.1, 0.15) is 24.2 Å². The molecule has 0 aliphatic carbocycles. The summed E-state index contributed by atoms with van der Waals surface area (Å²) in [6.07, 6.45) is -0.357. The van der Waals surface area contributed by atoms with Crippen molar-refractivity contribution in [2.75, 3.05) is 18.4 Å². The summed E-state index contributed by atoms with van der Waals surface area (Å²) in [5.41, 5.74) is 1.74. The highest BCUT2D eigenvalue weighted by Gasteiger charge is 2.32. The van der Waals surface area contributed by atoms with Crippen LogP contribution in [-0.4, -0.2) is 54.1 Å². The first-order valence-electron chi connectivity index (χ1n) is 7.69. The normalized spacial score (nSPS) is 21.8. The van der Waals surface area contributed by atoms with E-state index in [-0.39, 0.29) is 35.8 Å². The van der Waals surface area contributed by atoms with Gasteiger partial charge in [-0.25, -0.2) is 8.42 Å². The summed E-state index contributed by atoms with van der Waals surface area (Å²) >= 11 is 1.18. The van der Waals surface area contributed by atoms with Crippen molar-refractivity contribution in [1.29, 1.82) is 0 Å². The molecule has 10 heteroatoms. The first-order chi connectivity index (χ1) is 11.9. The van der Waals surface area contributed by atoms with E-state index in [1.54, 1.807) is 12.1 Å². The summed E-state index contributed by atoms with van der Waals surface area (Å²) in [6, 6.07) is 5.97. The lowest BCUT2D eigenvalue weighted by Gasteiger charge is -2.34. The van der Waals surface area contributed by atoms with Crippen LogP contribution >= 0.6 is 11.3 Å². The molecule has 1 aromatic carbocycles. The average Bonchev–Trinajstić information content (AvgIpc) is 3.07. The second-order valence-electron chi connectivity index (χ2n) is 5.81. The molecule has 1 saturated heterocycles. The lowest BCUT2D eigenvalue weighted by molar-refractivity contribution is -0.0440. The van der Waals surface area contributed by atoms with E-state index in [1.165, 1.54) is 33.3 Å². The van der Waals surface area contributed by atoms with E-state index in [4.69, 9.17) is 4.74 Å². The third-order valence-electron chi connectivity index (χ3n) is 3.70. The minimum absolute atomic E-state index is 0.0821. The Hall–Kier alpha value is -1.88. The van der Waals surface area contributed by atoms with Gasteiger partial charge in [0.1, 0.15) is 5.51 Å². The molecule has 25 heavy (non-hydrogen) atoms. The maximum absolute atomic E-state index is 12.9. The number of carbonyl (C=O) groups excluding carboxylic acids is 1. The van der Waals surface area contributed by atoms with Crippen molar-refractivity contribution >= 4 is 32.4 Å². The summed E-state index contributed by atoms with van der Waals surface area (Å²) in [6.45, 7) is 4.25. The predicted molar refractivity (Wildman–Crippen MR) is 93.1 cm³/mol. The molecule has 1 fully saturated rings. The summed E-state index contributed by atoms with van der Waals surface area (Å²) < 4.78 is 32.8. The predicted octanol–water partition coefficient (Wildman–Crippen LogP) is 1.59. The molecule has 1 aromatic heterocycles. The Morgan fingerprint density at radius 3 is 2.68 bits per heavy atom. The first-order valence-corrected chi connectivity index (χ1v) is 10.0. The number of amides is 1. The van der Waals surface area contributed by atoms with Crippen LogP contribution in [0.15, 0.2) is 34.7 Å². The summed E-state index contributed by atoms with van der Waals surface area (Å²) in [5, 5.41) is 10.3. The van der Waals surface area contributed by atoms with Gasteiger partial charge >= 0.3 is 0 Å². The molecule has 1 aliphatic rings. The number of benzene rings is 1. The Balaban J connectivity index is 1.83. The van der Waals surface area contributed by atoms with E-state index in [2.05, 4.69) is 15.5 Å². The van der Waals surface area contributed by atoms with Gasteiger partial charge in [0.15, 0.2) is 0 Å². The highest BCUT2D eigenvalue weighted by atomic mass is 32.2. The summed E-state index contributed by atoms with van der Waals surface area (Å²) in [5.74, 6) is -0.433. The SMILES string of the molecule is CC1CN(S(=O)(=O)c2cccc(C(=O)Nc3nncs3)c2)CC(C)O1. The van der Waals surface area contributed by atoms with Crippen molar-refractivity contribution in [2.45, 2.75) is 31.0 Å². The molecule has 0 spiro atoms. The van der Waals surface area contributed by atoms with Crippen LogP contribution in [0.4, 0.5) is 5.13 Å². The molecule has 8 nitrogen and oxygen atoms in total. The molecule has 1 N–H and O–H groups in total. The van der Waals surface area contributed by atoms with Gasteiger partial charge in [-0.15, -0.1) is 10.2 Å². The monoisotopic (exact) mass is 382 g/mol.